The Labute approximate surface area is 217 Å². The number of rotatable bonds is 7. The topological polar surface area (TPSA) is 119 Å². The quantitative estimate of drug-likeness (QED) is 0.452. The van der Waals surface area contributed by atoms with Crippen molar-refractivity contribution in [1.82, 2.24) is 15.5 Å². The first-order chi connectivity index (χ1) is 17.9. The van der Waals surface area contributed by atoms with Crippen LogP contribution in [0.1, 0.15) is 44.6 Å². The van der Waals surface area contributed by atoms with Crippen molar-refractivity contribution >= 4 is 17.6 Å². The average Bonchev–Trinajstić information content (AvgIpc) is 2.89. The zero-order valence-electron chi connectivity index (χ0n) is 21.1. The summed E-state index contributed by atoms with van der Waals surface area (Å²) >= 11 is 0. The van der Waals surface area contributed by atoms with Gasteiger partial charge >= 0.3 is 0 Å². The zero-order valence-corrected chi connectivity index (χ0v) is 21.1. The van der Waals surface area contributed by atoms with Gasteiger partial charge < -0.3 is 21.1 Å². The number of nitrogens with one attached hydrogen (secondary N) is 2. The first kappa shape index (κ1) is 25.0. The molecule has 4 N–H and O–H groups in total. The second-order valence-corrected chi connectivity index (χ2v) is 10.3. The van der Waals surface area contributed by atoms with Gasteiger partial charge in [0.2, 0.25) is 11.8 Å². The van der Waals surface area contributed by atoms with E-state index in [1.54, 1.807) is 6.92 Å². The van der Waals surface area contributed by atoms with E-state index in [1.807, 2.05) is 60.7 Å². The van der Waals surface area contributed by atoms with Crippen LogP contribution < -0.4 is 16.4 Å². The van der Waals surface area contributed by atoms with Crippen molar-refractivity contribution in [3.63, 3.8) is 0 Å². The molecule has 5 rings (SSSR count). The Morgan fingerprint density at radius 1 is 0.973 bits per heavy atom. The standard InChI is InChI=1S/C29H33N5O3/c1-19(35)31-24-13-7-20(8-14-24)15-27(36)32-26-16-25(21-5-3-2-4-6-21)28(34-33-26)22-9-11-23(12-10-22)29(30)17-37-18-29/h2-6,9-12,16,20,24H,7-8,13-15,17-18,30H2,1H3,(H,31,35)(H,32,33,36). The number of hydrogen-bond donors (Lipinski definition) is 3. The van der Waals surface area contributed by atoms with Crippen LogP contribution in [0.15, 0.2) is 60.7 Å². The van der Waals surface area contributed by atoms with Gasteiger partial charge in [-0.05, 0) is 48.8 Å². The molecule has 1 saturated heterocycles. The van der Waals surface area contributed by atoms with Gasteiger partial charge in [-0.2, -0.15) is 0 Å². The number of hydrogen-bond acceptors (Lipinski definition) is 6. The summed E-state index contributed by atoms with van der Waals surface area (Å²) in [6, 6.07) is 20.1. The molecule has 0 spiro atoms. The molecule has 1 aliphatic heterocycles. The van der Waals surface area contributed by atoms with Gasteiger partial charge in [0, 0.05) is 30.5 Å². The third-order valence-electron chi connectivity index (χ3n) is 7.33. The van der Waals surface area contributed by atoms with Gasteiger partial charge in [-0.15, -0.1) is 10.2 Å². The van der Waals surface area contributed by atoms with Crippen LogP contribution in [0.4, 0.5) is 5.82 Å². The van der Waals surface area contributed by atoms with E-state index in [0.717, 1.165) is 53.6 Å². The van der Waals surface area contributed by atoms with Crippen LogP contribution in [-0.2, 0) is 19.9 Å². The maximum atomic E-state index is 12.8. The first-order valence-electron chi connectivity index (χ1n) is 12.9. The molecule has 1 aromatic heterocycles. The van der Waals surface area contributed by atoms with Gasteiger partial charge in [0.25, 0.3) is 0 Å². The molecule has 2 aliphatic rings. The summed E-state index contributed by atoms with van der Waals surface area (Å²) < 4.78 is 5.30. The highest BCUT2D eigenvalue weighted by atomic mass is 16.5. The largest absolute Gasteiger partial charge is 0.377 e. The Bertz CT molecular complexity index is 1250. The van der Waals surface area contributed by atoms with Crippen molar-refractivity contribution in [3.05, 3.63) is 66.2 Å². The van der Waals surface area contributed by atoms with Gasteiger partial charge in [0.1, 0.15) is 5.69 Å². The molecule has 37 heavy (non-hydrogen) atoms. The van der Waals surface area contributed by atoms with Gasteiger partial charge in [0.15, 0.2) is 5.82 Å². The second kappa shape index (κ2) is 10.8. The second-order valence-electron chi connectivity index (χ2n) is 10.3. The molecule has 2 fully saturated rings. The highest BCUT2D eigenvalue weighted by molar-refractivity contribution is 5.91. The van der Waals surface area contributed by atoms with Crippen molar-refractivity contribution in [2.45, 2.75) is 50.6 Å². The molecule has 8 nitrogen and oxygen atoms in total. The van der Waals surface area contributed by atoms with E-state index in [0.29, 0.717) is 31.4 Å². The average molecular weight is 500 g/mol. The number of amides is 2. The Morgan fingerprint density at radius 2 is 1.68 bits per heavy atom. The predicted molar refractivity (Wildman–Crippen MR) is 142 cm³/mol. The first-order valence-corrected chi connectivity index (χ1v) is 12.9. The van der Waals surface area contributed by atoms with Crippen LogP contribution in [0, 0.1) is 5.92 Å². The third-order valence-corrected chi connectivity index (χ3v) is 7.33. The lowest BCUT2D eigenvalue weighted by Gasteiger charge is -2.38. The van der Waals surface area contributed by atoms with Crippen molar-refractivity contribution < 1.29 is 14.3 Å². The normalized spacial score (nSPS) is 20.5. The minimum absolute atomic E-state index is 0.00429. The van der Waals surface area contributed by atoms with Crippen LogP contribution in [0.3, 0.4) is 0 Å². The van der Waals surface area contributed by atoms with Gasteiger partial charge in [0.05, 0.1) is 18.8 Å². The fraction of sp³-hybridized carbons (Fsp3) is 0.379. The summed E-state index contributed by atoms with van der Waals surface area (Å²) in [4.78, 5) is 24.1. The molecule has 3 aromatic rings. The number of carbonyl (C=O) groups excluding carboxylic acids is 2. The van der Waals surface area contributed by atoms with Crippen LogP contribution in [0.5, 0.6) is 0 Å². The summed E-state index contributed by atoms with van der Waals surface area (Å²) in [5, 5.41) is 14.8. The van der Waals surface area contributed by atoms with E-state index < -0.39 is 5.54 Å². The molecule has 2 heterocycles. The van der Waals surface area contributed by atoms with Crippen molar-refractivity contribution in [2.24, 2.45) is 11.7 Å². The molecule has 0 atom stereocenters. The van der Waals surface area contributed by atoms with Gasteiger partial charge in [-0.25, -0.2) is 0 Å². The fourth-order valence-electron chi connectivity index (χ4n) is 5.21. The Kier molecular flexibility index (Phi) is 7.30. The number of nitrogens with two attached hydrogens (primary N) is 1. The monoisotopic (exact) mass is 499 g/mol. The minimum atomic E-state index is -0.427. The van der Waals surface area contributed by atoms with Crippen molar-refractivity contribution in [3.8, 4) is 22.4 Å². The molecule has 1 saturated carbocycles. The van der Waals surface area contributed by atoms with Gasteiger partial charge in [-0.3, -0.25) is 9.59 Å². The SMILES string of the molecule is CC(=O)NC1CCC(CC(=O)Nc2cc(-c3ccccc3)c(-c3ccc(C4(N)COC4)cc3)nn2)CC1. The molecule has 192 valence electrons. The lowest BCUT2D eigenvalue weighted by atomic mass is 9.84. The fourth-order valence-corrected chi connectivity index (χ4v) is 5.21. The lowest BCUT2D eigenvalue weighted by molar-refractivity contribution is -0.120. The van der Waals surface area contributed by atoms with E-state index in [9.17, 15) is 9.59 Å². The summed E-state index contributed by atoms with van der Waals surface area (Å²) in [6.07, 6.45) is 4.08. The number of carbonyl (C=O) groups is 2. The summed E-state index contributed by atoms with van der Waals surface area (Å²) in [5.41, 5.74) is 10.5. The molecule has 0 radical (unpaired) electrons. The number of ether oxygens (including phenoxy) is 1. The summed E-state index contributed by atoms with van der Waals surface area (Å²) in [7, 11) is 0. The lowest BCUT2D eigenvalue weighted by Crippen LogP contribution is -2.54. The summed E-state index contributed by atoms with van der Waals surface area (Å²) in [6.45, 7) is 2.59. The highest BCUT2D eigenvalue weighted by Gasteiger charge is 2.36. The highest BCUT2D eigenvalue weighted by Crippen LogP contribution is 2.34. The molecular weight excluding hydrogens is 466 g/mol. The number of benzene rings is 2. The van der Waals surface area contributed by atoms with Crippen LogP contribution >= 0.6 is 0 Å². The van der Waals surface area contributed by atoms with Crippen LogP contribution in [0.2, 0.25) is 0 Å². The van der Waals surface area contributed by atoms with Crippen molar-refractivity contribution in [1.29, 1.82) is 0 Å². The van der Waals surface area contributed by atoms with E-state index in [2.05, 4.69) is 20.8 Å². The number of nitrogens with zero attached hydrogens (tertiary/aromatic N) is 2. The van der Waals surface area contributed by atoms with E-state index in [-0.39, 0.29) is 17.9 Å². The van der Waals surface area contributed by atoms with Crippen LogP contribution in [0.25, 0.3) is 22.4 Å². The Morgan fingerprint density at radius 3 is 2.30 bits per heavy atom. The van der Waals surface area contributed by atoms with E-state index in [1.165, 1.54) is 0 Å². The molecule has 2 amide bonds. The molecule has 2 aromatic carbocycles. The molecular formula is C29H33N5O3. The molecule has 1 aliphatic carbocycles. The summed E-state index contributed by atoms with van der Waals surface area (Å²) in [5.74, 6) is 0.675. The third kappa shape index (κ3) is 5.87. The zero-order chi connectivity index (χ0) is 25.8. The maximum Gasteiger partial charge on any atom is 0.225 e. The predicted octanol–water partition coefficient (Wildman–Crippen LogP) is 4.02. The Hall–Kier alpha value is -3.62. The van der Waals surface area contributed by atoms with Crippen LogP contribution in [-0.4, -0.2) is 41.3 Å². The number of aromatic nitrogens is 2. The van der Waals surface area contributed by atoms with E-state index >= 15 is 0 Å². The van der Waals surface area contributed by atoms with Gasteiger partial charge in [-0.1, -0.05) is 54.6 Å². The van der Waals surface area contributed by atoms with Crippen molar-refractivity contribution in [2.75, 3.05) is 18.5 Å². The number of anilines is 1. The molecule has 0 bridgehead atoms. The molecule has 0 unspecified atom stereocenters. The molecule has 8 heteroatoms. The van der Waals surface area contributed by atoms with E-state index in [4.69, 9.17) is 10.5 Å². The smallest absolute Gasteiger partial charge is 0.225 e. The minimum Gasteiger partial charge on any atom is -0.377 e. The maximum absolute atomic E-state index is 12.8. The Balaban J connectivity index is 1.31.